The molecule has 1 aliphatic carbocycles. The Labute approximate surface area is 110 Å². The molecule has 0 saturated carbocycles. The maximum Gasteiger partial charge on any atom is 0.0807 e. The third-order valence-electron chi connectivity index (χ3n) is 3.93. The van der Waals surface area contributed by atoms with Crippen molar-refractivity contribution in [3.8, 4) is 0 Å². The molecule has 1 heterocycles. The summed E-state index contributed by atoms with van der Waals surface area (Å²) in [5, 5.41) is 10.0. The largest absolute Gasteiger partial charge is 0.388 e. The van der Waals surface area contributed by atoms with Gasteiger partial charge in [0.05, 0.1) is 6.10 Å². The van der Waals surface area contributed by atoms with Crippen molar-refractivity contribution in [2.75, 3.05) is 13.7 Å². The number of nitrogens with zero attached hydrogens (tertiary/aromatic N) is 1. The standard InChI is InChI=1S/C15H25NO2/c1-12-11-13-14(7-6-8-15(13)17)16(12)9-4-3-5-10-18-2/h11,15,17H,3-10H2,1-2H3. The molecule has 1 unspecified atom stereocenters. The van der Waals surface area contributed by atoms with E-state index in [2.05, 4.69) is 17.6 Å². The van der Waals surface area contributed by atoms with E-state index < -0.39 is 0 Å². The molecule has 1 aromatic heterocycles. The van der Waals surface area contributed by atoms with Crippen molar-refractivity contribution in [3.63, 3.8) is 0 Å². The van der Waals surface area contributed by atoms with E-state index in [0.29, 0.717) is 0 Å². The van der Waals surface area contributed by atoms with Crippen LogP contribution in [0.5, 0.6) is 0 Å². The average Bonchev–Trinajstić information content (AvgIpc) is 2.68. The number of hydrogen-bond acceptors (Lipinski definition) is 2. The van der Waals surface area contributed by atoms with Crippen LogP contribution in [0, 0.1) is 6.92 Å². The Morgan fingerprint density at radius 1 is 1.39 bits per heavy atom. The summed E-state index contributed by atoms with van der Waals surface area (Å²) in [6, 6.07) is 2.17. The lowest BCUT2D eigenvalue weighted by Crippen LogP contribution is -2.12. The third kappa shape index (κ3) is 2.96. The van der Waals surface area contributed by atoms with Gasteiger partial charge < -0.3 is 14.4 Å². The van der Waals surface area contributed by atoms with E-state index in [4.69, 9.17) is 4.74 Å². The van der Waals surface area contributed by atoms with E-state index in [1.165, 1.54) is 29.8 Å². The summed E-state index contributed by atoms with van der Waals surface area (Å²) >= 11 is 0. The Morgan fingerprint density at radius 3 is 3.00 bits per heavy atom. The lowest BCUT2D eigenvalue weighted by Gasteiger charge is -2.20. The van der Waals surface area contributed by atoms with Crippen LogP contribution in [0.15, 0.2) is 6.07 Å². The Bertz CT molecular complexity index is 384. The zero-order chi connectivity index (χ0) is 13.0. The minimum atomic E-state index is -0.234. The number of rotatable bonds is 6. The van der Waals surface area contributed by atoms with Crippen molar-refractivity contribution in [2.24, 2.45) is 0 Å². The molecule has 3 heteroatoms. The van der Waals surface area contributed by atoms with Crippen LogP contribution in [0.1, 0.15) is 55.2 Å². The zero-order valence-corrected chi connectivity index (χ0v) is 11.6. The topological polar surface area (TPSA) is 34.4 Å². The summed E-state index contributed by atoms with van der Waals surface area (Å²) in [7, 11) is 1.76. The molecule has 0 amide bonds. The van der Waals surface area contributed by atoms with Gasteiger partial charge in [-0.05, 0) is 51.5 Å². The number of aliphatic hydroxyl groups excluding tert-OH is 1. The maximum atomic E-state index is 10.0. The van der Waals surface area contributed by atoms with Crippen LogP contribution < -0.4 is 0 Å². The number of aryl methyl sites for hydroxylation is 1. The molecule has 1 aromatic rings. The van der Waals surface area contributed by atoms with Crippen LogP contribution in [-0.4, -0.2) is 23.4 Å². The highest BCUT2D eigenvalue weighted by atomic mass is 16.5. The number of methoxy groups -OCH3 is 1. The maximum absolute atomic E-state index is 10.0. The second-order valence-corrected chi connectivity index (χ2v) is 5.30. The normalized spacial score (nSPS) is 18.9. The fraction of sp³-hybridized carbons (Fsp3) is 0.733. The van der Waals surface area contributed by atoms with E-state index in [9.17, 15) is 5.11 Å². The SMILES string of the molecule is COCCCCCn1c(C)cc2c1CCCC2O. The first-order valence-electron chi connectivity index (χ1n) is 7.10. The molecule has 102 valence electrons. The van der Waals surface area contributed by atoms with E-state index in [1.807, 2.05) is 0 Å². The lowest BCUT2D eigenvalue weighted by molar-refractivity contribution is 0.155. The smallest absolute Gasteiger partial charge is 0.0807 e. The van der Waals surface area contributed by atoms with Gasteiger partial charge in [0.2, 0.25) is 0 Å². The first-order chi connectivity index (χ1) is 8.74. The first-order valence-corrected chi connectivity index (χ1v) is 7.10. The Kier molecular flexibility index (Phi) is 4.84. The third-order valence-corrected chi connectivity index (χ3v) is 3.93. The molecule has 1 atom stereocenters. The lowest BCUT2D eigenvalue weighted by atomic mass is 9.95. The molecule has 0 radical (unpaired) electrons. The van der Waals surface area contributed by atoms with Crippen molar-refractivity contribution in [3.05, 3.63) is 23.0 Å². The van der Waals surface area contributed by atoms with Crippen LogP contribution in [0.2, 0.25) is 0 Å². The van der Waals surface area contributed by atoms with Crippen molar-refractivity contribution in [1.29, 1.82) is 0 Å². The molecule has 0 spiro atoms. The van der Waals surface area contributed by atoms with Crippen LogP contribution >= 0.6 is 0 Å². The number of fused-ring (bicyclic) bond motifs is 1. The highest BCUT2D eigenvalue weighted by Crippen LogP contribution is 2.32. The van der Waals surface area contributed by atoms with Gasteiger partial charge in [-0.15, -0.1) is 0 Å². The van der Waals surface area contributed by atoms with Crippen molar-refractivity contribution in [2.45, 2.75) is 58.1 Å². The number of aromatic nitrogens is 1. The van der Waals surface area contributed by atoms with Crippen LogP contribution in [0.25, 0.3) is 0 Å². The van der Waals surface area contributed by atoms with Gasteiger partial charge in [-0.1, -0.05) is 0 Å². The van der Waals surface area contributed by atoms with Gasteiger partial charge in [0.15, 0.2) is 0 Å². The fourth-order valence-electron chi connectivity index (χ4n) is 2.95. The minimum Gasteiger partial charge on any atom is -0.388 e. The summed E-state index contributed by atoms with van der Waals surface area (Å²) in [6.45, 7) is 4.10. The van der Waals surface area contributed by atoms with Crippen LogP contribution in [-0.2, 0) is 17.7 Å². The quantitative estimate of drug-likeness (QED) is 0.789. The number of ether oxygens (including phenoxy) is 1. The molecule has 0 aliphatic heterocycles. The van der Waals surface area contributed by atoms with Crippen molar-refractivity contribution >= 4 is 0 Å². The predicted octanol–water partition coefficient (Wildman–Crippen LogP) is 2.98. The van der Waals surface area contributed by atoms with Gasteiger partial charge in [-0.25, -0.2) is 0 Å². The summed E-state index contributed by atoms with van der Waals surface area (Å²) < 4.78 is 7.47. The molecule has 18 heavy (non-hydrogen) atoms. The molecule has 0 bridgehead atoms. The van der Waals surface area contributed by atoms with Crippen LogP contribution in [0.3, 0.4) is 0 Å². The number of aliphatic hydroxyl groups is 1. The van der Waals surface area contributed by atoms with Gasteiger partial charge in [0, 0.05) is 37.2 Å². The molecular formula is C15H25NO2. The number of hydrogen-bond donors (Lipinski definition) is 1. The van der Waals surface area contributed by atoms with Crippen molar-refractivity contribution < 1.29 is 9.84 Å². The number of unbranched alkanes of at least 4 members (excludes halogenated alkanes) is 2. The average molecular weight is 251 g/mol. The monoisotopic (exact) mass is 251 g/mol. The molecule has 1 N–H and O–H groups in total. The molecule has 0 fully saturated rings. The first kappa shape index (κ1) is 13.6. The highest BCUT2D eigenvalue weighted by molar-refractivity contribution is 5.31. The molecule has 1 aliphatic rings. The Hall–Kier alpha value is -0.800. The summed E-state index contributed by atoms with van der Waals surface area (Å²) in [4.78, 5) is 0. The van der Waals surface area contributed by atoms with Gasteiger partial charge in [0.25, 0.3) is 0 Å². The van der Waals surface area contributed by atoms with Gasteiger partial charge in [-0.2, -0.15) is 0 Å². The van der Waals surface area contributed by atoms with Gasteiger partial charge in [-0.3, -0.25) is 0 Å². The van der Waals surface area contributed by atoms with E-state index in [-0.39, 0.29) is 6.10 Å². The fourth-order valence-corrected chi connectivity index (χ4v) is 2.95. The van der Waals surface area contributed by atoms with E-state index in [0.717, 1.165) is 38.8 Å². The van der Waals surface area contributed by atoms with Gasteiger partial charge in [0.1, 0.15) is 0 Å². The molecular weight excluding hydrogens is 226 g/mol. The minimum absolute atomic E-state index is 0.234. The zero-order valence-electron chi connectivity index (χ0n) is 11.6. The Balaban J connectivity index is 1.96. The van der Waals surface area contributed by atoms with Gasteiger partial charge >= 0.3 is 0 Å². The summed E-state index contributed by atoms with van der Waals surface area (Å²) in [5.41, 5.74) is 3.85. The van der Waals surface area contributed by atoms with Crippen LogP contribution in [0.4, 0.5) is 0 Å². The second kappa shape index (κ2) is 6.39. The second-order valence-electron chi connectivity index (χ2n) is 5.30. The van der Waals surface area contributed by atoms with Crippen molar-refractivity contribution in [1.82, 2.24) is 4.57 Å². The molecule has 0 aromatic carbocycles. The highest BCUT2D eigenvalue weighted by Gasteiger charge is 2.22. The van der Waals surface area contributed by atoms with E-state index in [1.54, 1.807) is 7.11 Å². The summed E-state index contributed by atoms with van der Waals surface area (Å²) in [5.74, 6) is 0. The Morgan fingerprint density at radius 2 is 2.22 bits per heavy atom. The molecule has 2 rings (SSSR count). The molecule has 3 nitrogen and oxygen atoms in total. The molecule has 0 saturated heterocycles. The van der Waals surface area contributed by atoms with E-state index >= 15 is 0 Å². The summed E-state index contributed by atoms with van der Waals surface area (Å²) in [6.07, 6.45) is 6.47. The predicted molar refractivity (Wildman–Crippen MR) is 72.8 cm³/mol.